The first-order chi connectivity index (χ1) is 8.63. The van der Waals surface area contributed by atoms with Gasteiger partial charge in [0.2, 0.25) is 0 Å². The van der Waals surface area contributed by atoms with Crippen molar-refractivity contribution in [3.8, 4) is 11.5 Å². The molecule has 0 spiro atoms. The van der Waals surface area contributed by atoms with E-state index in [4.69, 9.17) is 4.74 Å². The summed E-state index contributed by atoms with van der Waals surface area (Å²) in [5.74, 6) is 1.55. The van der Waals surface area contributed by atoms with E-state index in [2.05, 4.69) is 19.2 Å². The van der Waals surface area contributed by atoms with Crippen LogP contribution < -0.4 is 10.1 Å². The van der Waals surface area contributed by atoms with Crippen LogP contribution in [0.1, 0.15) is 39.2 Å². The van der Waals surface area contributed by atoms with Gasteiger partial charge in [0.05, 0.1) is 6.61 Å². The number of rotatable bonds is 8. The molecule has 0 radical (unpaired) electrons. The first-order valence-corrected chi connectivity index (χ1v) is 6.79. The second kappa shape index (κ2) is 7.98. The molecule has 2 N–H and O–H groups in total. The molecule has 3 heteroatoms. The topological polar surface area (TPSA) is 41.5 Å². The minimum Gasteiger partial charge on any atom is -0.504 e. The summed E-state index contributed by atoms with van der Waals surface area (Å²) in [5.41, 5.74) is 1.14. The third kappa shape index (κ3) is 5.41. The van der Waals surface area contributed by atoms with E-state index in [1.54, 1.807) is 6.07 Å². The van der Waals surface area contributed by atoms with Crippen LogP contribution in [0.25, 0.3) is 0 Å². The van der Waals surface area contributed by atoms with Gasteiger partial charge in [-0.3, -0.25) is 0 Å². The van der Waals surface area contributed by atoms with Gasteiger partial charge in [0.25, 0.3) is 0 Å². The molecule has 0 saturated carbocycles. The third-order valence-corrected chi connectivity index (χ3v) is 2.79. The van der Waals surface area contributed by atoms with E-state index in [9.17, 15) is 5.11 Å². The zero-order chi connectivity index (χ0) is 13.4. The van der Waals surface area contributed by atoms with Gasteiger partial charge in [-0.15, -0.1) is 0 Å². The summed E-state index contributed by atoms with van der Waals surface area (Å²) in [5, 5.41) is 13.0. The highest BCUT2D eigenvalue weighted by Crippen LogP contribution is 2.26. The van der Waals surface area contributed by atoms with E-state index in [0.717, 1.165) is 24.6 Å². The molecular formula is C15H25NO2. The van der Waals surface area contributed by atoms with Gasteiger partial charge in [0.1, 0.15) is 0 Å². The summed E-state index contributed by atoms with van der Waals surface area (Å²) in [6.45, 7) is 8.82. The van der Waals surface area contributed by atoms with Gasteiger partial charge in [0, 0.05) is 6.54 Å². The van der Waals surface area contributed by atoms with Gasteiger partial charge in [-0.25, -0.2) is 0 Å². The fraction of sp³-hybridized carbons (Fsp3) is 0.600. The number of hydrogen-bond donors (Lipinski definition) is 2. The predicted octanol–water partition coefficient (Wildman–Crippen LogP) is 3.32. The van der Waals surface area contributed by atoms with Crippen molar-refractivity contribution in [2.45, 2.75) is 40.2 Å². The van der Waals surface area contributed by atoms with Gasteiger partial charge in [-0.1, -0.05) is 19.9 Å². The summed E-state index contributed by atoms with van der Waals surface area (Å²) >= 11 is 0. The van der Waals surface area contributed by atoms with Crippen LogP contribution in [0.4, 0.5) is 0 Å². The molecule has 102 valence electrons. The van der Waals surface area contributed by atoms with Crippen LogP contribution in [0.5, 0.6) is 11.5 Å². The number of aromatic hydroxyl groups is 1. The summed E-state index contributed by atoms with van der Waals surface area (Å²) in [6.07, 6.45) is 2.46. The first-order valence-electron chi connectivity index (χ1n) is 6.79. The molecule has 0 saturated heterocycles. The largest absolute Gasteiger partial charge is 0.504 e. The maximum Gasteiger partial charge on any atom is 0.161 e. The van der Waals surface area contributed by atoms with Crippen LogP contribution in [0.15, 0.2) is 18.2 Å². The summed E-state index contributed by atoms with van der Waals surface area (Å²) < 4.78 is 5.36. The second-order valence-corrected chi connectivity index (χ2v) is 4.95. The molecule has 18 heavy (non-hydrogen) atoms. The average Bonchev–Trinajstić information content (AvgIpc) is 2.32. The molecule has 1 aromatic rings. The number of phenols is 1. The van der Waals surface area contributed by atoms with Crippen molar-refractivity contribution in [2.75, 3.05) is 13.2 Å². The third-order valence-electron chi connectivity index (χ3n) is 2.79. The Bertz CT molecular complexity index is 350. The van der Waals surface area contributed by atoms with E-state index >= 15 is 0 Å². The molecule has 1 rings (SSSR count). The fourth-order valence-electron chi connectivity index (χ4n) is 1.81. The van der Waals surface area contributed by atoms with E-state index in [-0.39, 0.29) is 5.75 Å². The molecule has 0 aliphatic heterocycles. The number of phenolic OH excluding ortho intramolecular Hbond substituents is 1. The Labute approximate surface area is 110 Å². The highest BCUT2D eigenvalue weighted by molar-refractivity contribution is 5.41. The fourth-order valence-corrected chi connectivity index (χ4v) is 1.81. The molecule has 0 heterocycles. The maximum absolute atomic E-state index is 9.59. The van der Waals surface area contributed by atoms with Crippen LogP contribution in [-0.2, 0) is 6.54 Å². The van der Waals surface area contributed by atoms with Crippen molar-refractivity contribution in [1.29, 1.82) is 0 Å². The minimum atomic E-state index is 0.209. The Balaban J connectivity index is 2.35. The van der Waals surface area contributed by atoms with Crippen LogP contribution in [0, 0.1) is 5.92 Å². The van der Waals surface area contributed by atoms with E-state index < -0.39 is 0 Å². The van der Waals surface area contributed by atoms with Gasteiger partial charge in [0.15, 0.2) is 11.5 Å². The van der Waals surface area contributed by atoms with Crippen molar-refractivity contribution in [3.05, 3.63) is 23.8 Å². The Morgan fingerprint density at radius 2 is 2.11 bits per heavy atom. The minimum absolute atomic E-state index is 0.209. The lowest BCUT2D eigenvalue weighted by Crippen LogP contribution is -2.15. The Hall–Kier alpha value is -1.22. The van der Waals surface area contributed by atoms with Gasteiger partial charge >= 0.3 is 0 Å². The van der Waals surface area contributed by atoms with Crippen molar-refractivity contribution in [3.63, 3.8) is 0 Å². The van der Waals surface area contributed by atoms with Gasteiger partial charge in [-0.05, 0) is 49.9 Å². The normalized spacial score (nSPS) is 10.9. The van der Waals surface area contributed by atoms with Crippen LogP contribution in [-0.4, -0.2) is 18.3 Å². The zero-order valence-corrected chi connectivity index (χ0v) is 11.7. The summed E-state index contributed by atoms with van der Waals surface area (Å²) in [6, 6.07) is 5.51. The number of ether oxygens (including phenoxy) is 1. The van der Waals surface area contributed by atoms with Gasteiger partial charge in [-0.2, -0.15) is 0 Å². The Morgan fingerprint density at radius 1 is 1.33 bits per heavy atom. The monoisotopic (exact) mass is 251 g/mol. The molecule has 0 fully saturated rings. The van der Waals surface area contributed by atoms with Crippen molar-refractivity contribution >= 4 is 0 Å². The van der Waals surface area contributed by atoms with Crippen molar-refractivity contribution in [1.82, 2.24) is 5.32 Å². The molecular weight excluding hydrogens is 226 g/mol. The molecule has 0 atom stereocenters. The van der Waals surface area contributed by atoms with Crippen LogP contribution in [0.2, 0.25) is 0 Å². The van der Waals surface area contributed by atoms with Crippen LogP contribution in [0.3, 0.4) is 0 Å². The molecule has 0 aromatic heterocycles. The number of nitrogens with one attached hydrogen (secondary N) is 1. The molecule has 0 bridgehead atoms. The SMILES string of the molecule is CCOc1cc(CNCCCC(C)C)ccc1O. The van der Waals surface area contributed by atoms with Crippen molar-refractivity contribution in [2.24, 2.45) is 5.92 Å². The maximum atomic E-state index is 9.59. The lowest BCUT2D eigenvalue weighted by atomic mass is 10.1. The molecule has 0 unspecified atom stereocenters. The summed E-state index contributed by atoms with van der Waals surface area (Å²) in [4.78, 5) is 0. The van der Waals surface area contributed by atoms with Crippen LogP contribution >= 0.6 is 0 Å². The van der Waals surface area contributed by atoms with Crippen molar-refractivity contribution < 1.29 is 9.84 Å². The highest BCUT2D eigenvalue weighted by Gasteiger charge is 2.03. The molecule has 1 aromatic carbocycles. The molecule has 0 aliphatic rings. The number of benzene rings is 1. The zero-order valence-electron chi connectivity index (χ0n) is 11.7. The van der Waals surface area contributed by atoms with E-state index in [1.165, 1.54) is 12.8 Å². The quantitative estimate of drug-likeness (QED) is 0.696. The lowest BCUT2D eigenvalue weighted by molar-refractivity contribution is 0.317. The average molecular weight is 251 g/mol. The standard InChI is InChI=1S/C15H25NO2/c1-4-18-15-10-13(7-8-14(15)17)11-16-9-5-6-12(2)3/h7-8,10,12,16-17H,4-6,9,11H2,1-3H3. The second-order valence-electron chi connectivity index (χ2n) is 4.95. The molecule has 3 nitrogen and oxygen atoms in total. The molecule has 0 amide bonds. The van der Waals surface area contributed by atoms with E-state index in [0.29, 0.717) is 12.4 Å². The van der Waals surface area contributed by atoms with Gasteiger partial charge < -0.3 is 15.2 Å². The Kier molecular flexibility index (Phi) is 6.58. The Morgan fingerprint density at radius 3 is 2.78 bits per heavy atom. The highest BCUT2D eigenvalue weighted by atomic mass is 16.5. The predicted molar refractivity (Wildman–Crippen MR) is 75.1 cm³/mol. The first kappa shape index (κ1) is 14.8. The molecule has 0 aliphatic carbocycles. The smallest absolute Gasteiger partial charge is 0.161 e. The summed E-state index contributed by atoms with van der Waals surface area (Å²) in [7, 11) is 0. The lowest BCUT2D eigenvalue weighted by Gasteiger charge is -2.10. The number of hydrogen-bond acceptors (Lipinski definition) is 3. The van der Waals surface area contributed by atoms with E-state index in [1.807, 2.05) is 19.1 Å².